The van der Waals surface area contributed by atoms with Crippen LogP contribution in [0.1, 0.15) is 16.3 Å². The number of halogens is 3. The van der Waals surface area contributed by atoms with Crippen molar-refractivity contribution < 1.29 is 22.7 Å². The molecule has 0 radical (unpaired) electrons. The molecule has 0 spiro atoms. The van der Waals surface area contributed by atoms with Crippen LogP contribution in [0.2, 0.25) is 0 Å². The molecule has 0 saturated carbocycles. The van der Waals surface area contributed by atoms with Gasteiger partial charge in [0, 0.05) is 22.7 Å². The molecule has 4 aromatic rings. The number of ether oxygens (including phenoxy) is 1. The van der Waals surface area contributed by atoms with E-state index in [4.69, 9.17) is 4.74 Å². The molecule has 1 aromatic carbocycles. The lowest BCUT2D eigenvalue weighted by Crippen LogP contribution is -2.26. The predicted octanol–water partition coefficient (Wildman–Crippen LogP) is 3.78. The average Bonchev–Trinajstić information content (AvgIpc) is 3.37. The van der Waals surface area contributed by atoms with Crippen LogP contribution in [-0.2, 0) is 28.7 Å². The fraction of sp³-hybridized carbons (Fsp3) is 0.333. The minimum Gasteiger partial charge on any atom is -0.464 e. The van der Waals surface area contributed by atoms with Gasteiger partial charge in [-0.1, -0.05) is 0 Å². The standard InChI is InChI=1S/C21H19F3N4O3S2/c1-27(2)5-6-31-19(29)8-15-13-10-32-11-14(13)20(30)28(26-15)9-18-25-16-7-12(21(22,23)24)3-4-17(16)33-18/h3-4,7,10-11H,5-6,8-9H2,1-2H3. The molecule has 3 heterocycles. The smallest absolute Gasteiger partial charge is 0.416 e. The van der Waals surface area contributed by atoms with Crippen LogP contribution < -0.4 is 5.56 Å². The molecule has 0 fully saturated rings. The molecule has 0 amide bonds. The Morgan fingerprint density at radius 2 is 1.97 bits per heavy atom. The molecular formula is C21H19F3N4O3S2. The highest BCUT2D eigenvalue weighted by Gasteiger charge is 2.30. The fourth-order valence-corrected chi connectivity index (χ4v) is 4.95. The van der Waals surface area contributed by atoms with Gasteiger partial charge in [0.05, 0.1) is 39.8 Å². The van der Waals surface area contributed by atoms with Crippen molar-refractivity contribution in [2.24, 2.45) is 0 Å². The molecular weight excluding hydrogens is 477 g/mol. The molecule has 33 heavy (non-hydrogen) atoms. The number of thiazole rings is 1. The summed E-state index contributed by atoms with van der Waals surface area (Å²) in [7, 11) is 3.73. The van der Waals surface area contributed by atoms with E-state index in [9.17, 15) is 22.8 Å². The molecule has 0 aliphatic carbocycles. The SMILES string of the molecule is CN(C)CCOC(=O)Cc1nn(Cc2nc3cc(C(F)(F)F)ccc3s2)c(=O)c2cscc12. The number of nitrogens with zero attached hydrogens (tertiary/aromatic N) is 4. The van der Waals surface area contributed by atoms with Crippen LogP contribution in [0.5, 0.6) is 0 Å². The van der Waals surface area contributed by atoms with E-state index in [0.29, 0.717) is 32.7 Å². The van der Waals surface area contributed by atoms with Crippen molar-refractivity contribution in [3.63, 3.8) is 0 Å². The number of esters is 1. The fourth-order valence-electron chi connectivity index (χ4n) is 3.18. The van der Waals surface area contributed by atoms with Crippen LogP contribution in [0.25, 0.3) is 21.0 Å². The highest BCUT2D eigenvalue weighted by molar-refractivity contribution is 7.18. The van der Waals surface area contributed by atoms with E-state index < -0.39 is 17.7 Å². The molecule has 3 aromatic heterocycles. The minimum absolute atomic E-state index is 0.0198. The predicted molar refractivity (Wildman–Crippen MR) is 121 cm³/mol. The van der Waals surface area contributed by atoms with Gasteiger partial charge in [-0.15, -0.1) is 11.3 Å². The van der Waals surface area contributed by atoms with Gasteiger partial charge in [-0.25, -0.2) is 9.67 Å². The molecule has 0 aliphatic rings. The Bertz CT molecular complexity index is 1370. The highest BCUT2D eigenvalue weighted by atomic mass is 32.1. The third kappa shape index (κ3) is 5.23. The number of carbonyl (C=O) groups is 1. The lowest BCUT2D eigenvalue weighted by Gasteiger charge is -2.11. The number of hydrogen-bond acceptors (Lipinski definition) is 8. The maximum Gasteiger partial charge on any atom is 0.416 e. The van der Waals surface area contributed by atoms with Crippen molar-refractivity contribution in [1.82, 2.24) is 19.7 Å². The third-order valence-electron chi connectivity index (χ3n) is 4.84. The summed E-state index contributed by atoms with van der Waals surface area (Å²) in [5.41, 5.74) is -0.525. The van der Waals surface area contributed by atoms with E-state index >= 15 is 0 Å². The summed E-state index contributed by atoms with van der Waals surface area (Å²) in [6.45, 7) is 0.804. The monoisotopic (exact) mass is 496 g/mol. The van der Waals surface area contributed by atoms with Crippen LogP contribution in [0.15, 0.2) is 33.8 Å². The Hall–Kier alpha value is -2.83. The summed E-state index contributed by atoms with van der Waals surface area (Å²) < 4.78 is 46.0. The Morgan fingerprint density at radius 3 is 2.70 bits per heavy atom. The second-order valence-corrected chi connectivity index (χ2v) is 9.46. The Kier molecular flexibility index (Phi) is 6.50. The molecule has 0 unspecified atom stereocenters. The first-order valence-corrected chi connectivity index (χ1v) is 11.6. The van der Waals surface area contributed by atoms with Gasteiger partial charge in [0.15, 0.2) is 0 Å². The molecule has 0 N–H and O–H groups in total. The van der Waals surface area contributed by atoms with Gasteiger partial charge in [0.25, 0.3) is 5.56 Å². The average molecular weight is 497 g/mol. The van der Waals surface area contributed by atoms with Gasteiger partial charge < -0.3 is 9.64 Å². The number of hydrogen-bond donors (Lipinski definition) is 0. The Labute approximate surface area is 194 Å². The van der Waals surface area contributed by atoms with Gasteiger partial charge in [-0.05, 0) is 32.3 Å². The first kappa shape index (κ1) is 23.3. The normalized spacial score (nSPS) is 12.2. The van der Waals surface area contributed by atoms with Crippen molar-refractivity contribution in [3.05, 3.63) is 55.6 Å². The molecule has 0 atom stereocenters. The summed E-state index contributed by atoms with van der Waals surface area (Å²) in [5.74, 6) is -0.457. The first-order valence-electron chi connectivity index (χ1n) is 9.85. The number of thiophene rings is 1. The quantitative estimate of drug-likeness (QED) is 0.363. The highest BCUT2D eigenvalue weighted by Crippen LogP contribution is 2.33. The molecule has 4 rings (SSSR count). The zero-order valence-electron chi connectivity index (χ0n) is 17.7. The second-order valence-electron chi connectivity index (χ2n) is 7.60. The number of likely N-dealkylation sites (N-methyl/N-ethyl adjacent to an activating group) is 1. The van der Waals surface area contributed by atoms with Gasteiger partial charge in [0.1, 0.15) is 11.6 Å². The van der Waals surface area contributed by atoms with Crippen LogP contribution >= 0.6 is 22.7 Å². The van der Waals surface area contributed by atoms with Crippen molar-refractivity contribution in [3.8, 4) is 0 Å². The number of carbonyl (C=O) groups excluding carboxylic acids is 1. The number of rotatable bonds is 7. The summed E-state index contributed by atoms with van der Waals surface area (Å²) >= 11 is 2.51. The van der Waals surface area contributed by atoms with E-state index in [0.717, 1.165) is 12.1 Å². The summed E-state index contributed by atoms with van der Waals surface area (Å²) in [5, 5.41) is 9.25. The van der Waals surface area contributed by atoms with Gasteiger partial charge in [-0.2, -0.15) is 29.6 Å². The van der Waals surface area contributed by atoms with Crippen LogP contribution in [0, 0.1) is 0 Å². The van der Waals surface area contributed by atoms with Gasteiger partial charge in [0.2, 0.25) is 0 Å². The van der Waals surface area contributed by atoms with Crippen LogP contribution in [-0.4, -0.2) is 52.9 Å². The van der Waals surface area contributed by atoms with Crippen molar-refractivity contribution in [2.45, 2.75) is 19.1 Å². The molecule has 12 heteroatoms. The number of aromatic nitrogens is 3. The summed E-state index contributed by atoms with van der Waals surface area (Å²) in [6.07, 6.45) is -4.56. The topological polar surface area (TPSA) is 77.3 Å². The molecule has 7 nitrogen and oxygen atoms in total. The maximum atomic E-state index is 13.0. The minimum atomic E-state index is -4.46. The lowest BCUT2D eigenvalue weighted by atomic mass is 10.2. The molecule has 0 saturated heterocycles. The van der Waals surface area contributed by atoms with Crippen molar-refractivity contribution in [2.75, 3.05) is 27.2 Å². The Balaban J connectivity index is 1.62. The van der Waals surface area contributed by atoms with Crippen LogP contribution in [0.3, 0.4) is 0 Å². The lowest BCUT2D eigenvalue weighted by molar-refractivity contribution is -0.143. The zero-order valence-corrected chi connectivity index (χ0v) is 19.3. The van der Waals surface area contributed by atoms with Crippen molar-refractivity contribution >= 4 is 49.6 Å². The van der Waals surface area contributed by atoms with E-state index in [2.05, 4.69) is 10.1 Å². The van der Waals surface area contributed by atoms with E-state index in [1.54, 1.807) is 10.8 Å². The van der Waals surface area contributed by atoms with Gasteiger partial charge >= 0.3 is 12.1 Å². The molecule has 174 valence electrons. The number of benzene rings is 1. The first-order chi connectivity index (χ1) is 15.6. The second kappa shape index (κ2) is 9.20. The third-order valence-corrected chi connectivity index (χ3v) is 6.60. The maximum absolute atomic E-state index is 13.0. The van der Waals surface area contributed by atoms with E-state index in [-0.39, 0.29) is 30.6 Å². The molecule has 0 bridgehead atoms. The Morgan fingerprint density at radius 1 is 1.21 bits per heavy atom. The van der Waals surface area contributed by atoms with Gasteiger partial charge in [-0.3, -0.25) is 9.59 Å². The number of fused-ring (bicyclic) bond motifs is 2. The summed E-state index contributed by atoms with van der Waals surface area (Å²) in [4.78, 5) is 31.3. The van der Waals surface area contributed by atoms with E-state index in [1.807, 2.05) is 19.0 Å². The molecule has 0 aliphatic heterocycles. The summed E-state index contributed by atoms with van der Waals surface area (Å²) in [6, 6.07) is 3.36. The van der Waals surface area contributed by atoms with Crippen LogP contribution in [0.4, 0.5) is 13.2 Å². The zero-order chi connectivity index (χ0) is 23.8. The number of alkyl halides is 3. The largest absolute Gasteiger partial charge is 0.464 e. The van der Waals surface area contributed by atoms with Crippen molar-refractivity contribution in [1.29, 1.82) is 0 Å². The van der Waals surface area contributed by atoms with E-state index in [1.165, 1.54) is 33.4 Å².